The Morgan fingerprint density at radius 1 is 1.33 bits per heavy atom. The average molecular weight is 241 g/mol. The summed E-state index contributed by atoms with van der Waals surface area (Å²) in [7, 11) is 1.81. The molecule has 92 valence electrons. The van der Waals surface area contributed by atoms with Crippen LogP contribution in [0, 0.1) is 0 Å². The van der Waals surface area contributed by atoms with Gasteiger partial charge in [-0.05, 0) is 13.0 Å². The molecule has 4 nitrogen and oxygen atoms in total. The van der Waals surface area contributed by atoms with E-state index in [0.29, 0.717) is 12.1 Å². The Hall–Kier alpha value is -2.10. The fourth-order valence-corrected chi connectivity index (χ4v) is 2.50. The number of nitrogens with one attached hydrogen (secondary N) is 1. The van der Waals surface area contributed by atoms with Crippen molar-refractivity contribution in [3.05, 3.63) is 40.2 Å². The number of pyridine rings is 1. The van der Waals surface area contributed by atoms with Gasteiger partial charge in [0.15, 0.2) is 0 Å². The van der Waals surface area contributed by atoms with Gasteiger partial charge >= 0.3 is 0 Å². The van der Waals surface area contributed by atoms with Gasteiger partial charge in [0, 0.05) is 24.7 Å². The van der Waals surface area contributed by atoms with Crippen LogP contribution in [0.25, 0.3) is 10.9 Å². The number of benzene rings is 1. The molecule has 0 radical (unpaired) electrons. The number of aryl methyl sites for hydroxylation is 1. The van der Waals surface area contributed by atoms with Gasteiger partial charge in [0.1, 0.15) is 0 Å². The fourth-order valence-electron chi connectivity index (χ4n) is 2.50. The molecule has 1 aromatic heterocycles. The van der Waals surface area contributed by atoms with E-state index in [1.165, 1.54) is 0 Å². The molecule has 4 heteroatoms. The lowest BCUT2D eigenvalue weighted by Gasteiger charge is -2.14. The molecule has 1 N–H and O–H groups in total. The standard InChI is InChI=1S/C14H15N3O/c1-9-12-13(16-8-7-15-9)10-5-3-4-6-11(10)17(2)14(12)18/h3-6,16H,7-8H2,1-2H3. The van der Waals surface area contributed by atoms with E-state index >= 15 is 0 Å². The minimum atomic E-state index is 0.0133. The van der Waals surface area contributed by atoms with E-state index in [1.807, 2.05) is 38.2 Å². The van der Waals surface area contributed by atoms with Gasteiger partial charge in [-0.1, -0.05) is 18.2 Å². The summed E-state index contributed by atoms with van der Waals surface area (Å²) in [6.45, 7) is 3.38. The van der Waals surface area contributed by atoms with Crippen LogP contribution in [0.5, 0.6) is 0 Å². The van der Waals surface area contributed by atoms with Crippen molar-refractivity contribution >= 4 is 22.3 Å². The number of aliphatic imine (C=N–C) groups is 1. The molecule has 1 aromatic carbocycles. The van der Waals surface area contributed by atoms with Crippen molar-refractivity contribution in [2.45, 2.75) is 6.92 Å². The number of rotatable bonds is 0. The first-order chi connectivity index (χ1) is 8.70. The van der Waals surface area contributed by atoms with Gasteiger partial charge in [0.2, 0.25) is 0 Å². The first-order valence-electron chi connectivity index (χ1n) is 6.07. The second kappa shape index (κ2) is 3.98. The molecule has 0 amide bonds. The quantitative estimate of drug-likeness (QED) is 0.764. The number of hydrogen-bond acceptors (Lipinski definition) is 3. The molecule has 0 aliphatic carbocycles. The zero-order valence-electron chi connectivity index (χ0n) is 10.5. The molecule has 3 rings (SSSR count). The third-order valence-electron chi connectivity index (χ3n) is 3.43. The maximum atomic E-state index is 12.4. The molecule has 18 heavy (non-hydrogen) atoms. The summed E-state index contributed by atoms with van der Waals surface area (Å²) in [5.41, 5.74) is 3.41. The number of fused-ring (bicyclic) bond motifs is 3. The lowest BCUT2D eigenvalue weighted by Crippen LogP contribution is -2.25. The van der Waals surface area contributed by atoms with Crippen molar-refractivity contribution in [3.8, 4) is 0 Å². The topological polar surface area (TPSA) is 46.4 Å². The van der Waals surface area contributed by atoms with Crippen LogP contribution in [0.1, 0.15) is 12.5 Å². The highest BCUT2D eigenvalue weighted by Gasteiger charge is 2.18. The molecular formula is C14H15N3O. The van der Waals surface area contributed by atoms with Gasteiger partial charge in [0.05, 0.1) is 23.3 Å². The van der Waals surface area contributed by atoms with Crippen molar-refractivity contribution in [1.29, 1.82) is 0 Å². The third kappa shape index (κ3) is 1.45. The molecule has 0 saturated carbocycles. The molecule has 1 aliphatic heterocycles. The Morgan fingerprint density at radius 3 is 2.94 bits per heavy atom. The van der Waals surface area contributed by atoms with E-state index in [-0.39, 0.29) is 5.56 Å². The number of nitrogens with zero attached hydrogens (tertiary/aromatic N) is 2. The lowest BCUT2D eigenvalue weighted by molar-refractivity contribution is 0.903. The molecule has 0 spiro atoms. The summed E-state index contributed by atoms with van der Waals surface area (Å²) in [5, 5.41) is 4.41. The van der Waals surface area contributed by atoms with E-state index < -0.39 is 0 Å². The zero-order valence-corrected chi connectivity index (χ0v) is 10.5. The smallest absolute Gasteiger partial charge is 0.261 e. The molecule has 0 bridgehead atoms. The highest BCUT2D eigenvalue weighted by molar-refractivity contribution is 6.09. The highest BCUT2D eigenvalue weighted by Crippen LogP contribution is 2.26. The summed E-state index contributed by atoms with van der Waals surface area (Å²) < 4.78 is 1.69. The van der Waals surface area contributed by atoms with Gasteiger partial charge in [-0.3, -0.25) is 9.79 Å². The normalized spacial score (nSPS) is 14.7. The van der Waals surface area contributed by atoms with Crippen LogP contribution in [-0.2, 0) is 7.05 Å². The minimum Gasteiger partial charge on any atom is -0.382 e. The van der Waals surface area contributed by atoms with Gasteiger partial charge in [0.25, 0.3) is 5.56 Å². The second-order valence-electron chi connectivity index (χ2n) is 4.53. The average Bonchev–Trinajstić information content (AvgIpc) is 2.58. The maximum Gasteiger partial charge on any atom is 0.261 e. The number of para-hydroxylation sites is 1. The lowest BCUT2D eigenvalue weighted by atomic mass is 10.1. The van der Waals surface area contributed by atoms with E-state index in [9.17, 15) is 4.79 Å². The van der Waals surface area contributed by atoms with Crippen LogP contribution in [0.2, 0.25) is 0 Å². The second-order valence-corrected chi connectivity index (χ2v) is 4.53. The Bertz CT molecular complexity index is 713. The minimum absolute atomic E-state index is 0.0133. The van der Waals surface area contributed by atoms with E-state index in [0.717, 1.165) is 28.8 Å². The molecule has 0 fully saturated rings. The van der Waals surface area contributed by atoms with Crippen molar-refractivity contribution in [3.63, 3.8) is 0 Å². The summed E-state index contributed by atoms with van der Waals surface area (Å²) >= 11 is 0. The molecule has 0 unspecified atom stereocenters. The van der Waals surface area contributed by atoms with Gasteiger partial charge in [-0.25, -0.2) is 0 Å². The van der Waals surface area contributed by atoms with Crippen LogP contribution in [0.3, 0.4) is 0 Å². The molecule has 2 heterocycles. The molecular weight excluding hydrogens is 226 g/mol. The first kappa shape index (κ1) is 11.0. The van der Waals surface area contributed by atoms with E-state index in [4.69, 9.17) is 0 Å². The Balaban J connectivity index is 2.52. The maximum absolute atomic E-state index is 12.4. The predicted molar refractivity (Wildman–Crippen MR) is 74.8 cm³/mol. The highest BCUT2D eigenvalue weighted by atomic mass is 16.1. The number of hydrogen-bond donors (Lipinski definition) is 1. The molecule has 1 aliphatic rings. The van der Waals surface area contributed by atoms with E-state index in [1.54, 1.807) is 4.57 Å². The van der Waals surface area contributed by atoms with E-state index in [2.05, 4.69) is 10.3 Å². The van der Waals surface area contributed by atoms with Crippen LogP contribution in [0.15, 0.2) is 34.1 Å². The number of aromatic nitrogens is 1. The van der Waals surface area contributed by atoms with Crippen molar-refractivity contribution in [2.24, 2.45) is 12.0 Å². The monoisotopic (exact) mass is 241 g/mol. The van der Waals surface area contributed by atoms with Crippen molar-refractivity contribution in [1.82, 2.24) is 4.57 Å². The third-order valence-corrected chi connectivity index (χ3v) is 3.43. The number of anilines is 1. The van der Waals surface area contributed by atoms with Crippen LogP contribution in [0.4, 0.5) is 5.69 Å². The summed E-state index contributed by atoms with van der Waals surface area (Å²) in [6, 6.07) is 7.95. The zero-order chi connectivity index (χ0) is 12.7. The van der Waals surface area contributed by atoms with Crippen LogP contribution >= 0.6 is 0 Å². The molecule has 0 atom stereocenters. The summed E-state index contributed by atoms with van der Waals surface area (Å²) in [6.07, 6.45) is 0. The van der Waals surface area contributed by atoms with Crippen LogP contribution < -0.4 is 10.9 Å². The largest absolute Gasteiger partial charge is 0.382 e. The molecule has 2 aromatic rings. The van der Waals surface area contributed by atoms with Crippen molar-refractivity contribution < 1.29 is 0 Å². The Kier molecular flexibility index (Phi) is 2.44. The summed E-state index contributed by atoms with van der Waals surface area (Å²) in [4.78, 5) is 16.8. The van der Waals surface area contributed by atoms with Crippen molar-refractivity contribution in [2.75, 3.05) is 18.4 Å². The Labute approximate surface area is 105 Å². The van der Waals surface area contributed by atoms with Gasteiger partial charge in [-0.2, -0.15) is 0 Å². The molecule has 0 saturated heterocycles. The SMILES string of the molecule is CC1=NCCNc2c1c(=O)n(C)c1ccccc21. The first-order valence-corrected chi connectivity index (χ1v) is 6.07. The summed E-state index contributed by atoms with van der Waals surface area (Å²) in [5.74, 6) is 0. The predicted octanol–water partition coefficient (Wildman–Crippen LogP) is 1.77. The van der Waals surface area contributed by atoms with Gasteiger partial charge in [-0.15, -0.1) is 0 Å². The Morgan fingerprint density at radius 2 is 2.11 bits per heavy atom. The van der Waals surface area contributed by atoms with Gasteiger partial charge < -0.3 is 9.88 Å². The fraction of sp³-hybridized carbons (Fsp3) is 0.286. The van der Waals surface area contributed by atoms with Crippen LogP contribution in [-0.4, -0.2) is 23.4 Å².